The molecule has 204 valence electrons. The SMILES string of the molecule is CC(C)(C)OC(=O)CCNC(=O)C1CN(C(=O)c2ccc(F)c(F)c2)CC(C)(C)C2c3ccccc3NC12. The maximum absolute atomic E-state index is 13.9. The van der Waals surface area contributed by atoms with Crippen LogP contribution in [0.4, 0.5) is 14.5 Å². The third-order valence-corrected chi connectivity index (χ3v) is 7.11. The molecule has 4 rings (SSSR count). The Morgan fingerprint density at radius 2 is 1.82 bits per heavy atom. The number of hydrogen-bond donors (Lipinski definition) is 2. The van der Waals surface area contributed by atoms with Crippen LogP contribution in [0.1, 0.15) is 62.9 Å². The van der Waals surface area contributed by atoms with Crippen LogP contribution in [-0.4, -0.2) is 54.0 Å². The third-order valence-electron chi connectivity index (χ3n) is 7.11. The van der Waals surface area contributed by atoms with Gasteiger partial charge in [0, 0.05) is 42.8 Å². The molecule has 0 spiro atoms. The first-order chi connectivity index (χ1) is 17.8. The fourth-order valence-electron chi connectivity index (χ4n) is 5.63. The lowest BCUT2D eigenvalue weighted by Crippen LogP contribution is -2.47. The van der Waals surface area contributed by atoms with E-state index >= 15 is 0 Å². The van der Waals surface area contributed by atoms with E-state index in [4.69, 9.17) is 4.74 Å². The minimum Gasteiger partial charge on any atom is -0.460 e. The number of anilines is 1. The van der Waals surface area contributed by atoms with Crippen LogP contribution in [-0.2, 0) is 14.3 Å². The molecule has 2 amide bonds. The molecule has 0 saturated carbocycles. The summed E-state index contributed by atoms with van der Waals surface area (Å²) in [5, 5.41) is 6.36. The van der Waals surface area contributed by atoms with Gasteiger partial charge in [-0.05, 0) is 56.0 Å². The van der Waals surface area contributed by atoms with Crippen molar-refractivity contribution in [3.8, 4) is 0 Å². The van der Waals surface area contributed by atoms with Crippen LogP contribution in [0, 0.1) is 23.0 Å². The summed E-state index contributed by atoms with van der Waals surface area (Å²) >= 11 is 0. The summed E-state index contributed by atoms with van der Waals surface area (Å²) in [6.45, 7) is 9.89. The minimum atomic E-state index is -1.10. The number of halogens is 2. The molecule has 0 radical (unpaired) electrons. The molecule has 2 heterocycles. The Morgan fingerprint density at radius 1 is 1.11 bits per heavy atom. The molecule has 2 aromatic rings. The lowest BCUT2D eigenvalue weighted by atomic mass is 9.70. The molecule has 0 aliphatic carbocycles. The number of nitrogens with zero attached hydrogens (tertiary/aromatic N) is 1. The van der Waals surface area contributed by atoms with Crippen LogP contribution in [0.3, 0.4) is 0 Å². The topological polar surface area (TPSA) is 87.7 Å². The highest BCUT2D eigenvalue weighted by Gasteiger charge is 2.51. The fourth-order valence-corrected chi connectivity index (χ4v) is 5.63. The number of ether oxygens (including phenoxy) is 1. The molecule has 0 bridgehead atoms. The molecule has 2 aromatic carbocycles. The number of carbonyl (C=O) groups is 3. The van der Waals surface area contributed by atoms with Gasteiger partial charge in [-0.15, -0.1) is 0 Å². The predicted molar refractivity (Wildman–Crippen MR) is 140 cm³/mol. The van der Waals surface area contributed by atoms with Crippen molar-refractivity contribution in [2.45, 2.75) is 58.6 Å². The van der Waals surface area contributed by atoms with Crippen LogP contribution < -0.4 is 10.6 Å². The molecule has 38 heavy (non-hydrogen) atoms. The van der Waals surface area contributed by atoms with Crippen LogP contribution in [0.2, 0.25) is 0 Å². The van der Waals surface area contributed by atoms with E-state index in [1.54, 1.807) is 25.7 Å². The molecular formula is C29H35F2N3O4. The van der Waals surface area contributed by atoms with Crippen molar-refractivity contribution in [1.82, 2.24) is 10.2 Å². The third kappa shape index (κ3) is 5.81. The second-order valence-corrected chi connectivity index (χ2v) is 11.8. The van der Waals surface area contributed by atoms with Crippen LogP contribution in [0.5, 0.6) is 0 Å². The minimum absolute atomic E-state index is 0.0144. The van der Waals surface area contributed by atoms with Gasteiger partial charge in [-0.3, -0.25) is 14.4 Å². The Hall–Kier alpha value is -3.49. The molecule has 1 fully saturated rings. The van der Waals surface area contributed by atoms with Gasteiger partial charge in [0.05, 0.1) is 12.3 Å². The molecule has 2 aliphatic heterocycles. The van der Waals surface area contributed by atoms with Gasteiger partial charge in [0.2, 0.25) is 5.91 Å². The Bertz CT molecular complexity index is 1240. The standard InChI is InChI=1S/C29H35F2N3O4/c1-28(2,3)38-23(35)12-13-32-26(36)19-15-34(27(37)17-10-11-20(30)21(31)14-17)16-29(4,5)24-18-8-6-7-9-22(18)33-25(19)24/h6-11,14,19,24-25,33H,12-13,15-16H2,1-5H3,(H,32,36). The zero-order valence-electron chi connectivity index (χ0n) is 22.4. The first-order valence-electron chi connectivity index (χ1n) is 12.9. The number of likely N-dealkylation sites (tertiary alicyclic amines) is 1. The molecule has 0 aromatic heterocycles. The highest BCUT2D eigenvalue weighted by atomic mass is 19.2. The summed E-state index contributed by atoms with van der Waals surface area (Å²) < 4.78 is 32.8. The second kappa shape index (κ2) is 10.3. The van der Waals surface area contributed by atoms with Gasteiger partial charge in [0.15, 0.2) is 11.6 Å². The number of fused-ring (bicyclic) bond motifs is 3. The molecule has 2 N–H and O–H groups in total. The number of benzene rings is 2. The lowest BCUT2D eigenvalue weighted by molar-refractivity contribution is -0.154. The summed E-state index contributed by atoms with van der Waals surface area (Å²) in [6, 6.07) is 10.6. The van der Waals surface area contributed by atoms with E-state index < -0.39 is 40.4 Å². The largest absolute Gasteiger partial charge is 0.460 e. The molecule has 3 unspecified atom stereocenters. The maximum atomic E-state index is 13.9. The number of rotatable bonds is 5. The number of carbonyl (C=O) groups excluding carboxylic acids is 3. The predicted octanol–water partition coefficient (Wildman–Crippen LogP) is 4.49. The van der Waals surface area contributed by atoms with Crippen molar-refractivity contribution in [2.24, 2.45) is 11.3 Å². The Kier molecular flexibility index (Phi) is 7.50. The summed E-state index contributed by atoms with van der Waals surface area (Å²) in [5.41, 5.74) is 0.953. The molecule has 3 atom stereocenters. The van der Waals surface area contributed by atoms with E-state index in [2.05, 4.69) is 10.6 Å². The monoisotopic (exact) mass is 527 g/mol. The van der Waals surface area contributed by atoms with Crippen molar-refractivity contribution < 1.29 is 27.9 Å². The zero-order chi connectivity index (χ0) is 27.8. The quantitative estimate of drug-likeness (QED) is 0.560. The number of nitrogens with one attached hydrogen (secondary N) is 2. The number of esters is 1. The Labute approximate surface area is 221 Å². The maximum Gasteiger partial charge on any atom is 0.308 e. The van der Waals surface area contributed by atoms with Gasteiger partial charge < -0.3 is 20.3 Å². The van der Waals surface area contributed by atoms with Gasteiger partial charge in [0.1, 0.15) is 5.60 Å². The van der Waals surface area contributed by atoms with E-state index in [0.717, 1.165) is 23.4 Å². The van der Waals surface area contributed by atoms with Gasteiger partial charge >= 0.3 is 5.97 Å². The van der Waals surface area contributed by atoms with Gasteiger partial charge in [-0.2, -0.15) is 0 Å². The van der Waals surface area contributed by atoms with Crippen molar-refractivity contribution in [3.63, 3.8) is 0 Å². The van der Waals surface area contributed by atoms with E-state index in [0.29, 0.717) is 6.54 Å². The summed E-state index contributed by atoms with van der Waals surface area (Å²) in [7, 11) is 0. The van der Waals surface area contributed by atoms with Crippen molar-refractivity contribution in [2.75, 3.05) is 25.0 Å². The summed E-state index contributed by atoms with van der Waals surface area (Å²) in [6.07, 6.45) is 0.0144. The Morgan fingerprint density at radius 3 is 2.50 bits per heavy atom. The van der Waals surface area contributed by atoms with E-state index in [9.17, 15) is 23.2 Å². The lowest BCUT2D eigenvalue weighted by Gasteiger charge is -2.36. The average Bonchev–Trinajstić information content (AvgIpc) is 3.16. The fraction of sp³-hybridized carbons (Fsp3) is 0.483. The van der Waals surface area contributed by atoms with Crippen LogP contribution in [0.15, 0.2) is 42.5 Å². The van der Waals surface area contributed by atoms with Crippen LogP contribution in [0.25, 0.3) is 0 Å². The van der Waals surface area contributed by atoms with E-state index in [1.165, 1.54) is 6.07 Å². The molecule has 9 heteroatoms. The number of para-hydroxylation sites is 1. The molecule has 1 saturated heterocycles. The van der Waals surface area contributed by atoms with Gasteiger partial charge in [-0.1, -0.05) is 32.0 Å². The molecule has 7 nitrogen and oxygen atoms in total. The van der Waals surface area contributed by atoms with Crippen molar-refractivity contribution in [3.05, 3.63) is 65.2 Å². The van der Waals surface area contributed by atoms with E-state index in [1.807, 2.05) is 38.1 Å². The van der Waals surface area contributed by atoms with Gasteiger partial charge in [-0.25, -0.2) is 8.78 Å². The summed E-state index contributed by atoms with van der Waals surface area (Å²) in [4.78, 5) is 40.8. The summed E-state index contributed by atoms with van der Waals surface area (Å²) in [5.74, 6) is -4.09. The highest BCUT2D eigenvalue weighted by molar-refractivity contribution is 5.95. The normalized spacial score (nSPS) is 22.0. The first kappa shape index (κ1) is 27.5. The average molecular weight is 528 g/mol. The zero-order valence-corrected chi connectivity index (χ0v) is 22.4. The smallest absolute Gasteiger partial charge is 0.308 e. The number of amides is 2. The Balaban J connectivity index is 1.61. The first-order valence-corrected chi connectivity index (χ1v) is 12.9. The second-order valence-electron chi connectivity index (χ2n) is 11.8. The van der Waals surface area contributed by atoms with E-state index in [-0.39, 0.29) is 42.9 Å². The van der Waals surface area contributed by atoms with Gasteiger partial charge in [0.25, 0.3) is 5.91 Å². The molecular weight excluding hydrogens is 492 g/mol. The van der Waals surface area contributed by atoms with Crippen molar-refractivity contribution in [1.29, 1.82) is 0 Å². The number of hydrogen-bond acceptors (Lipinski definition) is 5. The highest BCUT2D eigenvalue weighted by Crippen LogP contribution is 2.51. The van der Waals surface area contributed by atoms with Crippen molar-refractivity contribution >= 4 is 23.5 Å². The van der Waals surface area contributed by atoms with Crippen LogP contribution >= 0.6 is 0 Å². The molecule has 2 aliphatic rings.